The van der Waals surface area contributed by atoms with Crippen LogP contribution in [-0.4, -0.2) is 32.5 Å². The van der Waals surface area contributed by atoms with Gasteiger partial charge in [-0.15, -0.1) is 0 Å². The summed E-state index contributed by atoms with van der Waals surface area (Å²) in [5.74, 6) is 0. The van der Waals surface area contributed by atoms with Gasteiger partial charge in [0.05, 0.1) is 11.9 Å². The molecule has 0 aliphatic carbocycles. The molecule has 6 nitrogen and oxygen atoms in total. The molecule has 1 aliphatic heterocycles. The van der Waals surface area contributed by atoms with Crippen LogP contribution in [0.4, 0.5) is 0 Å². The van der Waals surface area contributed by atoms with E-state index in [0.29, 0.717) is 11.0 Å². The van der Waals surface area contributed by atoms with E-state index < -0.39 is 0 Å². The van der Waals surface area contributed by atoms with Crippen LogP contribution in [0.2, 0.25) is 0 Å². The molecule has 1 saturated heterocycles. The monoisotopic (exact) mass is 309 g/mol. The number of para-hydroxylation sites is 1. The summed E-state index contributed by atoms with van der Waals surface area (Å²) in [5, 5.41) is 7.01. The van der Waals surface area contributed by atoms with E-state index in [2.05, 4.69) is 15.1 Å². The van der Waals surface area contributed by atoms with Crippen LogP contribution in [0.15, 0.2) is 47.7 Å². The van der Waals surface area contributed by atoms with Gasteiger partial charge >= 0.3 is 0 Å². The number of rotatable bonds is 2. The summed E-state index contributed by atoms with van der Waals surface area (Å²) in [4.78, 5) is 17.3. The maximum absolute atomic E-state index is 12.8. The van der Waals surface area contributed by atoms with E-state index in [1.165, 1.54) is 12.8 Å². The van der Waals surface area contributed by atoms with Crippen LogP contribution < -0.4 is 10.6 Å². The summed E-state index contributed by atoms with van der Waals surface area (Å²) in [5.41, 5.74) is 1.47. The van der Waals surface area contributed by atoms with E-state index in [1.807, 2.05) is 30.3 Å². The van der Waals surface area contributed by atoms with Crippen molar-refractivity contribution in [2.45, 2.75) is 25.7 Å². The Kier molecular flexibility index (Phi) is 3.57. The van der Waals surface area contributed by atoms with E-state index in [1.54, 1.807) is 21.9 Å². The molecule has 3 heterocycles. The van der Waals surface area contributed by atoms with Gasteiger partial charge in [0.1, 0.15) is 11.7 Å². The van der Waals surface area contributed by atoms with E-state index in [9.17, 15) is 4.79 Å². The Morgan fingerprint density at radius 2 is 1.70 bits per heavy atom. The maximum atomic E-state index is 12.8. The zero-order valence-corrected chi connectivity index (χ0v) is 12.9. The molecule has 0 saturated carbocycles. The van der Waals surface area contributed by atoms with E-state index in [-0.39, 0.29) is 5.56 Å². The quantitative estimate of drug-likeness (QED) is 0.727. The summed E-state index contributed by atoms with van der Waals surface area (Å²) in [6.45, 7) is 1.81. The predicted octanol–water partition coefficient (Wildman–Crippen LogP) is 2.09. The van der Waals surface area contributed by atoms with Gasteiger partial charge in [0.2, 0.25) is 0 Å². The highest BCUT2D eigenvalue weighted by atomic mass is 16.1. The number of hydrogen-bond acceptors (Lipinski definition) is 4. The first-order valence-corrected chi connectivity index (χ1v) is 8.10. The number of aromatic nitrogens is 4. The Bertz CT molecular complexity index is 860. The van der Waals surface area contributed by atoms with Crippen LogP contribution in [0.5, 0.6) is 0 Å². The van der Waals surface area contributed by atoms with Crippen molar-refractivity contribution in [3.63, 3.8) is 0 Å². The average Bonchev–Trinajstić information content (AvgIpc) is 2.84. The van der Waals surface area contributed by atoms with Crippen LogP contribution >= 0.6 is 0 Å². The minimum absolute atomic E-state index is 0.0425. The van der Waals surface area contributed by atoms with Gasteiger partial charge in [-0.25, -0.2) is 14.3 Å². The number of benzene rings is 1. The normalized spacial score (nSPS) is 15.7. The van der Waals surface area contributed by atoms with Crippen molar-refractivity contribution >= 4 is 11.0 Å². The molecule has 0 bridgehead atoms. The van der Waals surface area contributed by atoms with Gasteiger partial charge in [0.15, 0.2) is 5.65 Å². The van der Waals surface area contributed by atoms with Crippen molar-refractivity contribution < 1.29 is 0 Å². The van der Waals surface area contributed by atoms with Gasteiger partial charge in [-0.05, 0) is 25.0 Å². The molecule has 1 fully saturated rings. The lowest BCUT2D eigenvalue weighted by atomic mass is 10.2. The maximum Gasteiger partial charge on any atom is 0.283 e. The van der Waals surface area contributed by atoms with Crippen LogP contribution in [0.3, 0.4) is 0 Å². The number of fused-ring (bicyclic) bond motifs is 1. The first-order chi connectivity index (χ1) is 11.3. The zero-order valence-electron chi connectivity index (χ0n) is 12.9. The molecule has 0 spiro atoms. The molecule has 0 unspecified atom stereocenters. The Morgan fingerprint density at radius 3 is 2.43 bits per heavy atom. The minimum atomic E-state index is -0.0425. The zero-order chi connectivity index (χ0) is 15.6. The lowest BCUT2D eigenvalue weighted by Crippen LogP contribution is -2.42. The van der Waals surface area contributed by atoms with Gasteiger partial charge in [-0.2, -0.15) is 5.10 Å². The molecule has 3 aromatic rings. The van der Waals surface area contributed by atoms with Crippen molar-refractivity contribution in [3.05, 3.63) is 53.2 Å². The van der Waals surface area contributed by atoms with Crippen molar-refractivity contribution in [1.82, 2.24) is 19.4 Å². The summed E-state index contributed by atoms with van der Waals surface area (Å²) < 4.78 is 3.37. The second-order valence-electron chi connectivity index (χ2n) is 5.89. The first kappa shape index (κ1) is 14.0. The smallest absolute Gasteiger partial charge is 0.283 e. The fourth-order valence-corrected chi connectivity index (χ4v) is 3.13. The molecule has 0 radical (unpaired) electrons. The minimum Gasteiger partial charge on any atom is -0.309 e. The third-order valence-corrected chi connectivity index (χ3v) is 4.36. The molecular formula is C17H19N5O. The lowest BCUT2D eigenvalue weighted by Gasteiger charge is -2.23. The largest absolute Gasteiger partial charge is 0.309 e. The Hall–Kier alpha value is -2.63. The van der Waals surface area contributed by atoms with Crippen molar-refractivity contribution in [3.8, 4) is 5.69 Å². The SMILES string of the molecule is O=c1c2cnn(-c3ccccc3)c2ncn1N1CCCCCC1. The predicted molar refractivity (Wildman–Crippen MR) is 89.5 cm³/mol. The molecule has 0 amide bonds. The number of nitrogens with zero attached hydrogens (tertiary/aromatic N) is 5. The highest BCUT2D eigenvalue weighted by Crippen LogP contribution is 2.14. The molecular weight excluding hydrogens is 290 g/mol. The van der Waals surface area contributed by atoms with E-state index in [4.69, 9.17) is 0 Å². The molecule has 4 rings (SSSR count). The van der Waals surface area contributed by atoms with E-state index in [0.717, 1.165) is 31.6 Å². The fraction of sp³-hybridized carbons (Fsp3) is 0.353. The highest BCUT2D eigenvalue weighted by molar-refractivity contribution is 5.74. The van der Waals surface area contributed by atoms with Gasteiger partial charge in [0.25, 0.3) is 5.56 Å². The van der Waals surface area contributed by atoms with Gasteiger partial charge < -0.3 is 5.01 Å². The van der Waals surface area contributed by atoms with Crippen LogP contribution in [0.1, 0.15) is 25.7 Å². The topological polar surface area (TPSA) is 56.0 Å². The third kappa shape index (κ3) is 2.50. The van der Waals surface area contributed by atoms with Gasteiger partial charge in [0, 0.05) is 13.1 Å². The lowest BCUT2D eigenvalue weighted by molar-refractivity contribution is 0.568. The fourth-order valence-electron chi connectivity index (χ4n) is 3.13. The molecule has 118 valence electrons. The summed E-state index contributed by atoms with van der Waals surface area (Å²) in [6.07, 6.45) is 7.95. The average molecular weight is 309 g/mol. The summed E-state index contributed by atoms with van der Waals surface area (Å²) in [6, 6.07) is 9.75. The summed E-state index contributed by atoms with van der Waals surface area (Å²) in [7, 11) is 0. The van der Waals surface area contributed by atoms with E-state index >= 15 is 0 Å². The van der Waals surface area contributed by atoms with Crippen LogP contribution in [-0.2, 0) is 0 Å². The molecule has 0 atom stereocenters. The van der Waals surface area contributed by atoms with Gasteiger partial charge in [-0.3, -0.25) is 4.79 Å². The van der Waals surface area contributed by atoms with Gasteiger partial charge in [-0.1, -0.05) is 31.0 Å². The molecule has 1 aromatic carbocycles. The number of hydrogen-bond donors (Lipinski definition) is 0. The van der Waals surface area contributed by atoms with Crippen molar-refractivity contribution in [2.24, 2.45) is 0 Å². The first-order valence-electron chi connectivity index (χ1n) is 8.10. The molecule has 23 heavy (non-hydrogen) atoms. The molecule has 1 aliphatic rings. The van der Waals surface area contributed by atoms with Crippen molar-refractivity contribution in [2.75, 3.05) is 18.1 Å². The third-order valence-electron chi connectivity index (χ3n) is 4.36. The second kappa shape index (κ2) is 5.87. The molecule has 2 aromatic heterocycles. The Morgan fingerprint density at radius 1 is 0.957 bits per heavy atom. The highest BCUT2D eigenvalue weighted by Gasteiger charge is 2.15. The molecule has 0 N–H and O–H groups in total. The Labute approximate surface area is 134 Å². The summed E-state index contributed by atoms with van der Waals surface area (Å²) >= 11 is 0. The van der Waals surface area contributed by atoms with Crippen LogP contribution in [0.25, 0.3) is 16.7 Å². The standard InChI is InChI=1S/C17H19N5O/c23-17-15-12-19-22(14-8-4-3-5-9-14)16(15)18-13-21(17)20-10-6-1-2-7-11-20/h3-5,8-9,12-13H,1-2,6-7,10-11H2. The Balaban J connectivity index is 1.79. The molecule has 6 heteroatoms. The second-order valence-corrected chi connectivity index (χ2v) is 5.89. The van der Waals surface area contributed by atoms with Crippen LogP contribution in [0, 0.1) is 0 Å². The van der Waals surface area contributed by atoms with Crippen molar-refractivity contribution in [1.29, 1.82) is 0 Å².